The first-order chi connectivity index (χ1) is 2.00. The van der Waals surface area contributed by atoms with Gasteiger partial charge in [0.05, 0.1) is 0 Å². The molecule has 2 nitrogen and oxygen atoms in total. The van der Waals surface area contributed by atoms with Gasteiger partial charge in [-0.2, -0.15) is 0 Å². The molecule has 0 saturated carbocycles. The fourth-order valence-electron chi connectivity index (χ4n) is 0. The molecular weight excluding hydrogens is 150 g/mol. The Balaban J connectivity index is 0. The summed E-state index contributed by atoms with van der Waals surface area (Å²) in [6, 6.07) is 0. The first kappa shape index (κ1) is 10.8. The molecule has 0 aliphatic heterocycles. The average Bonchev–Trinajstić information content (AvgIpc) is 0.722. The fourth-order valence-corrected chi connectivity index (χ4v) is 0. The fraction of sp³-hybridized carbons (Fsp3) is 0. The molecule has 33 valence electrons. The number of rotatable bonds is 0. The van der Waals surface area contributed by atoms with Crippen LogP contribution in [0.5, 0.6) is 0 Å². The van der Waals surface area contributed by atoms with E-state index in [0.717, 1.165) is 0 Å². The summed E-state index contributed by atoms with van der Waals surface area (Å²) in [5.74, 6) is 0. The van der Waals surface area contributed by atoms with Crippen LogP contribution in [0.2, 0.25) is 0 Å². The molecule has 0 aliphatic carbocycles. The molecule has 0 aromatic rings. The van der Waals surface area contributed by atoms with Gasteiger partial charge < -0.3 is 9.79 Å². The van der Waals surface area contributed by atoms with Crippen LogP contribution in [0.25, 0.3) is 0 Å². The van der Waals surface area contributed by atoms with Gasteiger partial charge in [0.2, 0.25) is 5.69 Å². The van der Waals surface area contributed by atoms with Crippen molar-refractivity contribution in [3.05, 3.63) is 0 Å². The van der Waals surface area contributed by atoms with E-state index in [1.54, 1.807) is 0 Å². The summed E-state index contributed by atoms with van der Waals surface area (Å²) in [6.07, 6.45) is 0. The van der Waals surface area contributed by atoms with E-state index < -0.39 is 5.69 Å². The van der Waals surface area contributed by atoms with Crippen LogP contribution in [0.4, 0.5) is 0 Å². The van der Waals surface area contributed by atoms with E-state index in [4.69, 9.17) is 9.79 Å². The first-order valence-electron chi connectivity index (χ1n) is 0.783. The van der Waals surface area contributed by atoms with Gasteiger partial charge in [-0.3, -0.25) is 0 Å². The third kappa shape index (κ3) is 38.9. The smallest absolute Gasteiger partial charge is 0.239 e. The van der Waals surface area contributed by atoms with Crippen LogP contribution >= 0.6 is 17.9 Å². The zero-order chi connectivity index (χ0) is 4.50. The monoisotopic (exact) mass is 153 g/mol. The molecule has 0 unspecified atom stereocenters. The van der Waals surface area contributed by atoms with Crippen LogP contribution in [0, 0.1) is 0 Å². The van der Waals surface area contributed by atoms with Crippen molar-refractivity contribution < 1.29 is 9.79 Å². The molecule has 6 heavy (non-hydrogen) atoms. The Kier molecular flexibility index (Phi) is 6.97. The second-order valence-corrected chi connectivity index (χ2v) is 5.55. The largest absolute Gasteiger partial charge is 0.338 e. The zero-order valence-electron chi connectivity index (χ0n) is 3.20. The van der Waals surface area contributed by atoms with E-state index in [0.29, 0.717) is 0 Å². The predicted octanol–water partition coefficient (Wildman–Crippen LogP) is -0.256. The predicted molar refractivity (Wildman–Crippen MR) is 33.5 cm³/mol. The average molecular weight is 153 g/mol. The van der Waals surface area contributed by atoms with Crippen molar-refractivity contribution in [2.24, 2.45) is 0 Å². The zero-order valence-corrected chi connectivity index (χ0v) is 7.80. The molecule has 0 bridgehead atoms. The molecule has 0 spiro atoms. The van der Waals surface area contributed by atoms with Crippen molar-refractivity contribution in [1.29, 1.82) is 0 Å². The van der Waals surface area contributed by atoms with Crippen molar-refractivity contribution in [2.45, 2.75) is 0 Å². The summed E-state index contributed by atoms with van der Waals surface area (Å²) in [6.45, 7) is 0. The van der Waals surface area contributed by atoms with Crippen LogP contribution in [0.15, 0.2) is 0 Å². The van der Waals surface area contributed by atoms with Crippen molar-refractivity contribution in [1.82, 2.24) is 0 Å². The van der Waals surface area contributed by atoms with Gasteiger partial charge in [0.15, 0.2) is 0 Å². The van der Waals surface area contributed by atoms with Crippen LogP contribution in [0.1, 0.15) is 0 Å². The summed E-state index contributed by atoms with van der Waals surface area (Å²) in [5, 5.41) is 0. The third-order valence-electron chi connectivity index (χ3n) is 0. The molecule has 0 amide bonds. The topological polar surface area (TPSA) is 40.5 Å². The van der Waals surface area contributed by atoms with E-state index in [2.05, 4.69) is 24.1 Å². The Labute approximate surface area is 68.6 Å². The van der Waals surface area contributed by atoms with E-state index in [-0.39, 0.29) is 29.6 Å². The normalized spacial score (nSPS) is 9.83. The molecule has 0 rings (SSSR count). The minimum Gasteiger partial charge on any atom is -0.338 e. The molecule has 0 aliphatic rings. The standard InChI is InChI=1S/Na.H3O2PS2/c;1-3(2,4)5/h;(H3,1,2,4,5). The number of thiol groups is 1. The molecule has 0 heterocycles. The quantitative estimate of drug-likeness (QED) is 0.255. The van der Waals surface area contributed by atoms with Crippen molar-refractivity contribution in [3.8, 4) is 0 Å². The summed E-state index contributed by atoms with van der Waals surface area (Å²) < 4.78 is 0. The van der Waals surface area contributed by atoms with E-state index in [1.807, 2.05) is 0 Å². The summed E-state index contributed by atoms with van der Waals surface area (Å²) in [7, 11) is 0. The second-order valence-electron chi connectivity index (χ2n) is 0.513. The van der Waals surface area contributed by atoms with Crippen LogP contribution in [-0.4, -0.2) is 39.3 Å². The molecule has 2 N–H and O–H groups in total. The van der Waals surface area contributed by atoms with Crippen molar-refractivity contribution >= 4 is 59.3 Å². The number of hydrogen-bond donors (Lipinski definition) is 3. The maximum Gasteiger partial charge on any atom is 0.239 e. The summed E-state index contributed by atoms with van der Waals surface area (Å²) in [5.41, 5.74) is -3.11. The van der Waals surface area contributed by atoms with Crippen LogP contribution < -0.4 is 0 Å². The number of hydrogen-bond acceptors (Lipinski definition) is 1. The van der Waals surface area contributed by atoms with Gasteiger partial charge >= 0.3 is 0 Å². The Bertz CT molecular complexity index is 57.7. The Morgan fingerprint density at radius 2 is 1.50 bits per heavy atom. The van der Waals surface area contributed by atoms with Gasteiger partial charge in [-0.25, -0.2) is 0 Å². The van der Waals surface area contributed by atoms with Crippen molar-refractivity contribution in [2.75, 3.05) is 0 Å². The summed E-state index contributed by atoms with van der Waals surface area (Å²) in [4.78, 5) is 15.7. The van der Waals surface area contributed by atoms with Crippen LogP contribution in [0.3, 0.4) is 0 Å². The molecule has 0 fully saturated rings. The molecule has 0 aromatic heterocycles. The van der Waals surface area contributed by atoms with Gasteiger partial charge in [0.1, 0.15) is 0 Å². The summed E-state index contributed by atoms with van der Waals surface area (Å²) >= 11 is 7.07. The van der Waals surface area contributed by atoms with Gasteiger partial charge in [0.25, 0.3) is 0 Å². The van der Waals surface area contributed by atoms with E-state index in [1.165, 1.54) is 0 Å². The van der Waals surface area contributed by atoms with Crippen LogP contribution in [-0.2, 0) is 11.8 Å². The minimum absolute atomic E-state index is 0. The molecule has 0 aromatic carbocycles. The molecular formula is H3NaO2PS2. The minimum atomic E-state index is -3.11. The Morgan fingerprint density at radius 1 is 1.50 bits per heavy atom. The Hall–Kier alpha value is 1.92. The Morgan fingerprint density at radius 3 is 1.50 bits per heavy atom. The van der Waals surface area contributed by atoms with Crippen molar-refractivity contribution in [3.63, 3.8) is 0 Å². The maximum atomic E-state index is 7.87. The first-order valence-corrected chi connectivity index (χ1v) is 4.64. The molecule has 1 radical (unpaired) electrons. The SMILES string of the molecule is OP(O)(=S)S.[Na]. The molecule has 0 atom stereocenters. The molecule has 6 heteroatoms. The van der Waals surface area contributed by atoms with Gasteiger partial charge in [-0.1, -0.05) is 12.2 Å². The second kappa shape index (κ2) is 3.87. The van der Waals surface area contributed by atoms with E-state index in [9.17, 15) is 0 Å². The van der Waals surface area contributed by atoms with E-state index >= 15 is 0 Å². The molecule has 0 saturated heterocycles. The van der Waals surface area contributed by atoms with Gasteiger partial charge in [0, 0.05) is 29.6 Å². The maximum absolute atomic E-state index is 7.87. The van der Waals surface area contributed by atoms with Gasteiger partial charge in [-0.15, -0.1) is 0 Å². The van der Waals surface area contributed by atoms with Gasteiger partial charge in [-0.05, 0) is 11.8 Å². The third-order valence-corrected chi connectivity index (χ3v) is 0.